The molecule has 1 nitrogen and oxygen atoms in total. The summed E-state index contributed by atoms with van der Waals surface area (Å²) < 4.78 is 65.4. The van der Waals surface area contributed by atoms with Crippen LogP contribution in [-0.2, 0) is 4.74 Å². The van der Waals surface area contributed by atoms with Gasteiger partial charge in [0.05, 0.1) is 6.61 Å². The lowest BCUT2D eigenvalue weighted by Gasteiger charge is -2.20. The van der Waals surface area contributed by atoms with Crippen molar-refractivity contribution in [3.05, 3.63) is 11.6 Å². The summed E-state index contributed by atoms with van der Waals surface area (Å²) in [6.07, 6.45) is -4.11. The van der Waals surface area contributed by atoms with Crippen LogP contribution in [0, 0.1) is 0 Å². The molecule has 0 aromatic carbocycles. The van der Waals surface area contributed by atoms with E-state index in [2.05, 4.69) is 0 Å². The lowest BCUT2D eigenvalue weighted by molar-refractivity contribution is -0.264. The monoisotopic (exact) mass is 232 g/mol. The number of hydrogen-bond acceptors (Lipinski definition) is 1. The van der Waals surface area contributed by atoms with Gasteiger partial charge in [0.25, 0.3) is 0 Å². The van der Waals surface area contributed by atoms with Gasteiger partial charge in [0.1, 0.15) is 0 Å². The van der Waals surface area contributed by atoms with E-state index in [9.17, 15) is 22.0 Å². The predicted octanol–water partition coefficient (Wildman–Crippen LogP) is 3.56. The lowest BCUT2D eigenvalue weighted by atomic mass is 10.1. The fraction of sp³-hybridized carbons (Fsp3) is 0.778. The highest BCUT2D eigenvalue weighted by atomic mass is 19.4. The largest absolute Gasteiger partial charge is 0.457 e. The molecular weight excluding hydrogens is 219 g/mol. The molecule has 0 saturated carbocycles. The number of ether oxygens (including phenoxy) is 1. The Morgan fingerprint density at radius 2 is 1.73 bits per heavy atom. The molecule has 0 saturated heterocycles. The van der Waals surface area contributed by atoms with Crippen LogP contribution < -0.4 is 0 Å². The molecule has 0 radical (unpaired) electrons. The summed E-state index contributed by atoms with van der Waals surface area (Å²) in [5, 5.41) is 0. The average molecular weight is 232 g/mol. The van der Waals surface area contributed by atoms with Gasteiger partial charge in [-0.1, -0.05) is 13.0 Å². The third kappa shape index (κ3) is 4.15. The topological polar surface area (TPSA) is 9.23 Å². The predicted molar refractivity (Wildman–Crippen MR) is 45.9 cm³/mol. The first-order chi connectivity index (χ1) is 6.73. The van der Waals surface area contributed by atoms with Crippen molar-refractivity contribution in [1.82, 2.24) is 0 Å². The highest BCUT2D eigenvalue weighted by Crippen LogP contribution is 2.40. The molecule has 0 aliphatic heterocycles. The molecule has 0 heterocycles. The molecule has 0 spiro atoms. The number of alkyl halides is 5. The maximum Gasteiger partial charge on any atom is 0.457 e. The van der Waals surface area contributed by atoms with Crippen LogP contribution in [0.5, 0.6) is 0 Å². The molecule has 15 heavy (non-hydrogen) atoms. The Hall–Kier alpha value is -0.650. The van der Waals surface area contributed by atoms with E-state index in [-0.39, 0.29) is 6.61 Å². The minimum atomic E-state index is -5.54. The van der Waals surface area contributed by atoms with Crippen molar-refractivity contribution in [3.8, 4) is 0 Å². The van der Waals surface area contributed by atoms with Crippen LogP contribution in [0.25, 0.3) is 0 Å². The van der Waals surface area contributed by atoms with Gasteiger partial charge in [-0.05, 0) is 13.3 Å². The minimum Gasteiger partial charge on any atom is -0.377 e. The molecule has 6 heteroatoms. The second-order valence-corrected chi connectivity index (χ2v) is 3.03. The van der Waals surface area contributed by atoms with Gasteiger partial charge in [0.2, 0.25) is 0 Å². The highest BCUT2D eigenvalue weighted by molar-refractivity contribution is 5.12. The van der Waals surface area contributed by atoms with Crippen molar-refractivity contribution < 1.29 is 26.7 Å². The molecule has 0 unspecified atom stereocenters. The fourth-order valence-electron chi connectivity index (χ4n) is 0.763. The molecular formula is C9H13F5O. The van der Waals surface area contributed by atoms with Crippen LogP contribution in [-0.4, -0.2) is 25.3 Å². The highest BCUT2D eigenvalue weighted by Gasteiger charge is 2.58. The molecule has 0 aromatic heterocycles. The Morgan fingerprint density at radius 1 is 1.20 bits per heavy atom. The third-order valence-electron chi connectivity index (χ3n) is 1.71. The second-order valence-electron chi connectivity index (χ2n) is 3.03. The second kappa shape index (κ2) is 5.44. The number of allylic oxidation sites excluding steroid dienone is 1. The summed E-state index contributed by atoms with van der Waals surface area (Å²) >= 11 is 0. The van der Waals surface area contributed by atoms with Gasteiger partial charge in [-0.25, -0.2) is 0 Å². The zero-order valence-corrected chi connectivity index (χ0v) is 8.50. The van der Waals surface area contributed by atoms with Crippen LogP contribution in [0.4, 0.5) is 22.0 Å². The van der Waals surface area contributed by atoms with Crippen molar-refractivity contribution in [3.63, 3.8) is 0 Å². The van der Waals surface area contributed by atoms with E-state index in [0.29, 0.717) is 13.0 Å². The zero-order chi connectivity index (χ0) is 12.1. The van der Waals surface area contributed by atoms with Crippen molar-refractivity contribution in [2.75, 3.05) is 13.2 Å². The summed E-state index contributed by atoms with van der Waals surface area (Å²) in [5.41, 5.74) is -1.04. The van der Waals surface area contributed by atoms with E-state index in [1.165, 1.54) is 0 Å². The normalized spacial score (nSPS) is 14.5. The maximum atomic E-state index is 12.6. The molecule has 0 rings (SSSR count). The zero-order valence-electron chi connectivity index (χ0n) is 8.50. The number of rotatable bonds is 5. The summed E-state index contributed by atoms with van der Waals surface area (Å²) in [4.78, 5) is 0. The molecule has 0 N–H and O–H groups in total. The van der Waals surface area contributed by atoms with Crippen LogP contribution in [0.3, 0.4) is 0 Å². The molecule has 90 valence electrons. The molecule has 0 bridgehead atoms. The average Bonchev–Trinajstić information content (AvgIpc) is 2.10. The Bertz CT molecular complexity index is 219. The van der Waals surface area contributed by atoms with E-state index in [1.807, 2.05) is 0 Å². The first-order valence-corrected chi connectivity index (χ1v) is 4.43. The van der Waals surface area contributed by atoms with Gasteiger partial charge < -0.3 is 4.74 Å². The summed E-state index contributed by atoms with van der Waals surface area (Å²) in [6.45, 7) is 2.65. The molecule has 0 amide bonds. The van der Waals surface area contributed by atoms with Gasteiger partial charge in [0.15, 0.2) is 0 Å². The van der Waals surface area contributed by atoms with E-state index in [1.54, 1.807) is 6.92 Å². The molecule has 0 aliphatic rings. The van der Waals surface area contributed by atoms with E-state index in [0.717, 1.165) is 13.0 Å². The standard InChI is InChI=1S/C9H13F5O/c1-3-5-15-6-4-7(2)8(10,11)9(12,13)14/h4H,3,5-6H2,1-2H3/b7-4+. The quantitative estimate of drug-likeness (QED) is 0.400. The van der Waals surface area contributed by atoms with Gasteiger partial charge >= 0.3 is 12.1 Å². The molecule has 0 aromatic rings. The molecule has 0 fully saturated rings. The number of hydrogen-bond donors (Lipinski definition) is 0. The van der Waals surface area contributed by atoms with Crippen molar-refractivity contribution in [2.24, 2.45) is 0 Å². The van der Waals surface area contributed by atoms with E-state index in [4.69, 9.17) is 4.74 Å². The number of halogens is 5. The minimum absolute atomic E-state index is 0.231. The first kappa shape index (κ1) is 14.3. The van der Waals surface area contributed by atoms with Crippen LogP contribution in [0.2, 0.25) is 0 Å². The SMILES string of the molecule is CCCOC/C=C(\C)C(F)(F)C(F)(F)F. The third-order valence-corrected chi connectivity index (χ3v) is 1.71. The van der Waals surface area contributed by atoms with Gasteiger partial charge in [0, 0.05) is 12.2 Å². The van der Waals surface area contributed by atoms with E-state index < -0.39 is 17.7 Å². The Kier molecular flexibility index (Phi) is 5.20. The Morgan fingerprint density at radius 3 is 2.13 bits per heavy atom. The van der Waals surface area contributed by atoms with Gasteiger partial charge in [-0.3, -0.25) is 0 Å². The molecule has 0 aliphatic carbocycles. The van der Waals surface area contributed by atoms with Crippen LogP contribution in [0.1, 0.15) is 20.3 Å². The Labute approximate surface area is 84.9 Å². The van der Waals surface area contributed by atoms with Crippen LogP contribution >= 0.6 is 0 Å². The maximum absolute atomic E-state index is 12.6. The first-order valence-electron chi connectivity index (χ1n) is 4.43. The lowest BCUT2D eigenvalue weighted by Crippen LogP contribution is -2.37. The van der Waals surface area contributed by atoms with Gasteiger partial charge in [-0.15, -0.1) is 0 Å². The van der Waals surface area contributed by atoms with Crippen molar-refractivity contribution in [2.45, 2.75) is 32.4 Å². The molecule has 0 atom stereocenters. The summed E-state index contributed by atoms with van der Waals surface area (Å²) in [5.74, 6) is -4.78. The van der Waals surface area contributed by atoms with E-state index >= 15 is 0 Å². The van der Waals surface area contributed by atoms with Crippen LogP contribution in [0.15, 0.2) is 11.6 Å². The fourth-order valence-corrected chi connectivity index (χ4v) is 0.763. The Balaban J connectivity index is 4.35. The smallest absolute Gasteiger partial charge is 0.377 e. The summed E-state index contributed by atoms with van der Waals surface area (Å²) in [6, 6.07) is 0. The summed E-state index contributed by atoms with van der Waals surface area (Å²) in [7, 11) is 0. The van der Waals surface area contributed by atoms with Gasteiger partial charge in [-0.2, -0.15) is 22.0 Å². The van der Waals surface area contributed by atoms with Crippen molar-refractivity contribution in [1.29, 1.82) is 0 Å². The van der Waals surface area contributed by atoms with Crippen molar-refractivity contribution >= 4 is 0 Å².